The number of rotatable bonds is 7. The van der Waals surface area contributed by atoms with Gasteiger partial charge in [0.15, 0.2) is 17.5 Å². The Morgan fingerprint density at radius 3 is 2.48 bits per heavy atom. The maximum Gasteiger partial charge on any atom is 0.328 e. The third-order valence-electron chi connectivity index (χ3n) is 2.76. The van der Waals surface area contributed by atoms with E-state index in [4.69, 9.17) is 14.6 Å². The summed E-state index contributed by atoms with van der Waals surface area (Å²) in [4.78, 5) is 23.0. The molecule has 0 aromatic heterocycles. The van der Waals surface area contributed by atoms with Gasteiger partial charge in [-0.15, -0.1) is 0 Å². The number of aliphatic hydroxyl groups excluding tert-OH is 1. The van der Waals surface area contributed by atoms with Crippen LogP contribution >= 0.6 is 0 Å². The summed E-state index contributed by atoms with van der Waals surface area (Å²) >= 11 is 0. The Bertz CT molecular complexity index is 514. The quantitative estimate of drug-likeness (QED) is 0.683. The third kappa shape index (κ3) is 4.35. The van der Waals surface area contributed by atoms with E-state index in [-0.39, 0.29) is 5.56 Å². The van der Waals surface area contributed by atoms with Crippen molar-refractivity contribution in [1.29, 1.82) is 0 Å². The van der Waals surface area contributed by atoms with E-state index in [9.17, 15) is 14.7 Å². The van der Waals surface area contributed by atoms with E-state index in [1.165, 1.54) is 26.2 Å². The summed E-state index contributed by atoms with van der Waals surface area (Å²) in [5.41, 5.74) is 0.210. The SMILES string of the molecule is CCOc1ccc(C(=O)NC(C(=O)O)C(C)O)cc1OC. The van der Waals surface area contributed by atoms with Crippen LogP contribution in [0, 0.1) is 0 Å². The molecule has 0 spiro atoms. The summed E-state index contributed by atoms with van der Waals surface area (Å²) in [6, 6.07) is 3.12. The van der Waals surface area contributed by atoms with Crippen LogP contribution in [0.15, 0.2) is 18.2 Å². The van der Waals surface area contributed by atoms with E-state index in [1.54, 1.807) is 6.07 Å². The molecule has 0 saturated heterocycles. The molecule has 0 aliphatic carbocycles. The Kier molecular flexibility index (Phi) is 5.98. The normalized spacial score (nSPS) is 13.1. The van der Waals surface area contributed by atoms with Crippen molar-refractivity contribution < 1.29 is 29.3 Å². The van der Waals surface area contributed by atoms with Crippen LogP contribution in [0.5, 0.6) is 11.5 Å². The van der Waals surface area contributed by atoms with E-state index >= 15 is 0 Å². The number of carboxylic acids is 1. The van der Waals surface area contributed by atoms with Gasteiger partial charge < -0.3 is 25.0 Å². The molecule has 1 amide bonds. The molecule has 21 heavy (non-hydrogen) atoms. The lowest BCUT2D eigenvalue weighted by atomic mass is 10.1. The van der Waals surface area contributed by atoms with E-state index in [0.717, 1.165) is 0 Å². The fourth-order valence-corrected chi connectivity index (χ4v) is 1.70. The average Bonchev–Trinajstić information content (AvgIpc) is 2.44. The van der Waals surface area contributed by atoms with Crippen molar-refractivity contribution in [1.82, 2.24) is 5.32 Å². The van der Waals surface area contributed by atoms with Crippen LogP contribution in [0.1, 0.15) is 24.2 Å². The molecule has 2 atom stereocenters. The number of aliphatic carboxylic acids is 1. The standard InChI is InChI=1S/C14H19NO6/c1-4-21-10-6-5-9(7-11(10)20-3)13(17)15-12(8(2)16)14(18)19/h5-8,12,16H,4H2,1-3H3,(H,15,17)(H,18,19). The van der Waals surface area contributed by atoms with Gasteiger partial charge in [0.2, 0.25) is 0 Å². The number of aliphatic hydroxyl groups is 1. The molecule has 0 aliphatic rings. The van der Waals surface area contributed by atoms with E-state index in [0.29, 0.717) is 18.1 Å². The van der Waals surface area contributed by atoms with Crippen molar-refractivity contribution in [2.45, 2.75) is 26.0 Å². The Morgan fingerprint density at radius 2 is 2.00 bits per heavy atom. The summed E-state index contributed by atoms with van der Waals surface area (Å²) in [6.07, 6.45) is -1.21. The van der Waals surface area contributed by atoms with Crippen molar-refractivity contribution in [3.8, 4) is 11.5 Å². The molecule has 7 heteroatoms. The number of benzene rings is 1. The second-order valence-electron chi connectivity index (χ2n) is 4.33. The minimum atomic E-state index is -1.38. The maximum atomic E-state index is 12.0. The molecule has 7 nitrogen and oxygen atoms in total. The molecule has 0 saturated carbocycles. The topological polar surface area (TPSA) is 105 Å². The molecule has 1 aromatic rings. The molecule has 0 heterocycles. The molecule has 1 aromatic carbocycles. The minimum Gasteiger partial charge on any atom is -0.493 e. The van der Waals surface area contributed by atoms with E-state index in [1.807, 2.05) is 6.92 Å². The Hall–Kier alpha value is -2.28. The van der Waals surface area contributed by atoms with Crippen molar-refractivity contribution in [3.63, 3.8) is 0 Å². The smallest absolute Gasteiger partial charge is 0.328 e. The number of methoxy groups -OCH3 is 1. The van der Waals surface area contributed by atoms with Gasteiger partial charge >= 0.3 is 5.97 Å². The molecule has 116 valence electrons. The third-order valence-corrected chi connectivity index (χ3v) is 2.76. The summed E-state index contributed by atoms with van der Waals surface area (Å²) in [5, 5.41) is 20.5. The van der Waals surface area contributed by atoms with Gasteiger partial charge in [-0.05, 0) is 32.0 Å². The number of nitrogens with one attached hydrogen (secondary N) is 1. The summed E-state index contributed by atoms with van der Waals surface area (Å²) in [5.74, 6) is -1.07. The van der Waals surface area contributed by atoms with Crippen LogP contribution in [-0.4, -0.2) is 48.0 Å². The second kappa shape index (κ2) is 7.49. The second-order valence-corrected chi connectivity index (χ2v) is 4.33. The molecular formula is C14H19NO6. The van der Waals surface area contributed by atoms with Crippen molar-refractivity contribution in [3.05, 3.63) is 23.8 Å². The molecule has 1 rings (SSSR count). The Morgan fingerprint density at radius 1 is 1.33 bits per heavy atom. The minimum absolute atomic E-state index is 0.210. The fraction of sp³-hybridized carbons (Fsp3) is 0.429. The first-order valence-corrected chi connectivity index (χ1v) is 6.43. The highest BCUT2D eigenvalue weighted by Gasteiger charge is 2.25. The lowest BCUT2D eigenvalue weighted by Crippen LogP contribution is -2.47. The summed E-state index contributed by atoms with van der Waals surface area (Å²) < 4.78 is 10.4. The van der Waals surface area contributed by atoms with E-state index in [2.05, 4.69) is 5.32 Å². The van der Waals surface area contributed by atoms with Gasteiger partial charge in [0.25, 0.3) is 5.91 Å². The van der Waals surface area contributed by atoms with Gasteiger partial charge in [-0.25, -0.2) is 4.79 Å². The van der Waals surface area contributed by atoms with Gasteiger partial charge in [0.05, 0.1) is 19.8 Å². The first-order valence-electron chi connectivity index (χ1n) is 6.43. The van der Waals surface area contributed by atoms with E-state index < -0.39 is 24.0 Å². The van der Waals surface area contributed by atoms with Gasteiger partial charge in [0.1, 0.15) is 0 Å². The largest absolute Gasteiger partial charge is 0.493 e. The zero-order valence-corrected chi connectivity index (χ0v) is 12.1. The number of hydrogen-bond acceptors (Lipinski definition) is 5. The van der Waals surface area contributed by atoms with Crippen LogP contribution in [0.4, 0.5) is 0 Å². The lowest BCUT2D eigenvalue weighted by molar-refractivity contribution is -0.141. The molecule has 3 N–H and O–H groups in total. The number of ether oxygens (including phenoxy) is 2. The number of hydrogen-bond donors (Lipinski definition) is 3. The van der Waals surface area contributed by atoms with Gasteiger partial charge in [-0.3, -0.25) is 4.79 Å². The Balaban J connectivity index is 2.94. The lowest BCUT2D eigenvalue weighted by Gasteiger charge is -2.17. The summed E-state index contributed by atoms with van der Waals surface area (Å²) in [7, 11) is 1.44. The number of carboxylic acid groups (broad SMARTS) is 1. The van der Waals surface area contributed by atoms with Crippen LogP contribution in [0.25, 0.3) is 0 Å². The van der Waals surface area contributed by atoms with Crippen LogP contribution in [0.3, 0.4) is 0 Å². The number of carbonyl (C=O) groups is 2. The van der Waals surface area contributed by atoms with Gasteiger partial charge in [-0.1, -0.05) is 0 Å². The van der Waals surface area contributed by atoms with Gasteiger partial charge in [0, 0.05) is 5.56 Å². The number of amides is 1. The molecule has 0 aliphatic heterocycles. The van der Waals surface area contributed by atoms with Crippen molar-refractivity contribution >= 4 is 11.9 Å². The fourth-order valence-electron chi connectivity index (χ4n) is 1.70. The van der Waals surface area contributed by atoms with Gasteiger partial charge in [-0.2, -0.15) is 0 Å². The van der Waals surface area contributed by atoms with Crippen LogP contribution in [0.2, 0.25) is 0 Å². The molecule has 0 fully saturated rings. The predicted molar refractivity (Wildman–Crippen MR) is 74.7 cm³/mol. The van der Waals surface area contributed by atoms with Crippen molar-refractivity contribution in [2.75, 3.05) is 13.7 Å². The summed E-state index contributed by atoms with van der Waals surface area (Å²) in [6.45, 7) is 3.56. The molecular weight excluding hydrogens is 278 g/mol. The zero-order valence-electron chi connectivity index (χ0n) is 12.1. The zero-order chi connectivity index (χ0) is 16.0. The first kappa shape index (κ1) is 16.8. The maximum absolute atomic E-state index is 12.0. The average molecular weight is 297 g/mol. The Labute approximate surface area is 122 Å². The highest BCUT2D eigenvalue weighted by atomic mass is 16.5. The van der Waals surface area contributed by atoms with Crippen molar-refractivity contribution in [2.24, 2.45) is 0 Å². The van der Waals surface area contributed by atoms with Crippen LogP contribution in [-0.2, 0) is 4.79 Å². The number of carbonyl (C=O) groups excluding carboxylic acids is 1. The first-order chi connectivity index (χ1) is 9.90. The highest BCUT2D eigenvalue weighted by molar-refractivity contribution is 5.97. The molecule has 0 bridgehead atoms. The monoisotopic (exact) mass is 297 g/mol. The predicted octanol–water partition coefficient (Wildman–Crippen LogP) is 0.658. The highest BCUT2D eigenvalue weighted by Crippen LogP contribution is 2.28. The molecule has 2 unspecified atom stereocenters. The molecule has 0 radical (unpaired) electrons. The van der Waals surface area contributed by atoms with Crippen LogP contribution < -0.4 is 14.8 Å².